The number of nitrogens with zero attached hydrogens (tertiary/aromatic N) is 3. The summed E-state index contributed by atoms with van der Waals surface area (Å²) < 4.78 is 0. The number of para-hydroxylation sites is 1. The fourth-order valence-electron chi connectivity index (χ4n) is 2.13. The Morgan fingerprint density at radius 2 is 1.83 bits per heavy atom. The summed E-state index contributed by atoms with van der Waals surface area (Å²) in [6.07, 6.45) is 6.42. The number of anilines is 2. The van der Waals surface area contributed by atoms with E-state index < -0.39 is 0 Å². The molecule has 3 rings (SSSR count). The minimum Gasteiger partial charge on any atom is -0.348 e. The smallest absolute Gasteiger partial charge is 0.254 e. The number of hydrogen-bond acceptors (Lipinski definition) is 5. The van der Waals surface area contributed by atoms with E-state index in [1.807, 2.05) is 43.3 Å². The van der Waals surface area contributed by atoms with Crippen LogP contribution in [0.25, 0.3) is 0 Å². The second-order valence-electron chi connectivity index (χ2n) is 5.28. The number of benzene rings is 1. The number of aryl methyl sites for hydroxylation is 1. The first kappa shape index (κ1) is 15.6. The highest BCUT2D eigenvalue weighted by molar-refractivity contribution is 5.93. The van der Waals surface area contributed by atoms with Gasteiger partial charge in [0.15, 0.2) is 0 Å². The van der Waals surface area contributed by atoms with Crippen molar-refractivity contribution in [2.75, 3.05) is 5.32 Å². The number of rotatable bonds is 5. The summed E-state index contributed by atoms with van der Waals surface area (Å²) in [4.78, 5) is 24.5. The Hall–Kier alpha value is -3.28. The molecule has 2 heterocycles. The summed E-state index contributed by atoms with van der Waals surface area (Å²) in [7, 11) is 0. The van der Waals surface area contributed by atoms with Crippen molar-refractivity contribution in [3.05, 3.63) is 77.9 Å². The normalized spacial score (nSPS) is 10.2. The highest BCUT2D eigenvalue weighted by atomic mass is 16.1. The number of carbonyl (C=O) groups excluding carboxylic acids is 1. The lowest BCUT2D eigenvalue weighted by Crippen LogP contribution is -2.23. The number of pyridine rings is 1. The van der Waals surface area contributed by atoms with E-state index in [9.17, 15) is 4.79 Å². The highest BCUT2D eigenvalue weighted by Gasteiger charge is 2.07. The van der Waals surface area contributed by atoms with Crippen molar-refractivity contribution in [3.63, 3.8) is 0 Å². The molecule has 0 aliphatic rings. The van der Waals surface area contributed by atoms with Crippen LogP contribution in [0, 0.1) is 6.92 Å². The summed E-state index contributed by atoms with van der Waals surface area (Å²) in [5, 5.41) is 5.95. The second-order valence-corrected chi connectivity index (χ2v) is 5.28. The summed E-state index contributed by atoms with van der Waals surface area (Å²) in [6.45, 7) is 2.42. The minimum atomic E-state index is -0.221. The summed E-state index contributed by atoms with van der Waals surface area (Å²) in [5.74, 6) is 0.231. The summed E-state index contributed by atoms with van der Waals surface area (Å²) >= 11 is 0. The van der Waals surface area contributed by atoms with Crippen molar-refractivity contribution in [2.24, 2.45) is 0 Å². The van der Waals surface area contributed by atoms with Gasteiger partial charge in [0.25, 0.3) is 5.91 Å². The third kappa shape index (κ3) is 3.92. The predicted molar refractivity (Wildman–Crippen MR) is 91.9 cm³/mol. The highest BCUT2D eigenvalue weighted by Crippen LogP contribution is 2.16. The zero-order valence-corrected chi connectivity index (χ0v) is 13.2. The average molecular weight is 319 g/mol. The molecule has 1 amide bonds. The van der Waals surface area contributed by atoms with E-state index in [1.54, 1.807) is 12.4 Å². The molecule has 24 heavy (non-hydrogen) atoms. The molecule has 1 aromatic carbocycles. The van der Waals surface area contributed by atoms with Gasteiger partial charge in [-0.1, -0.05) is 24.3 Å². The molecule has 0 spiro atoms. The Labute approximate surface area is 140 Å². The molecule has 0 atom stereocenters. The van der Waals surface area contributed by atoms with E-state index in [-0.39, 0.29) is 5.91 Å². The molecule has 120 valence electrons. The van der Waals surface area contributed by atoms with Crippen LogP contribution in [0.15, 0.2) is 61.2 Å². The van der Waals surface area contributed by atoms with Crippen molar-refractivity contribution >= 4 is 17.5 Å². The number of nitrogens with one attached hydrogen (secondary N) is 2. The fourth-order valence-corrected chi connectivity index (χ4v) is 2.13. The summed E-state index contributed by atoms with van der Waals surface area (Å²) in [5.41, 5.74) is 3.38. The Morgan fingerprint density at radius 3 is 2.54 bits per heavy atom. The van der Waals surface area contributed by atoms with Gasteiger partial charge in [-0.05, 0) is 30.2 Å². The molecule has 2 N–H and O–H groups in total. The van der Waals surface area contributed by atoms with Crippen LogP contribution in [-0.2, 0) is 6.54 Å². The molecule has 6 heteroatoms. The molecule has 0 saturated carbocycles. The van der Waals surface area contributed by atoms with Crippen LogP contribution >= 0.6 is 0 Å². The fraction of sp³-hybridized carbons (Fsp3) is 0.111. The third-order valence-corrected chi connectivity index (χ3v) is 3.48. The molecular formula is C18H17N5O. The molecule has 0 aliphatic heterocycles. The van der Waals surface area contributed by atoms with E-state index in [1.165, 1.54) is 12.4 Å². The molecule has 3 aromatic rings. The van der Waals surface area contributed by atoms with Crippen LogP contribution in [0.5, 0.6) is 0 Å². The first-order valence-electron chi connectivity index (χ1n) is 7.54. The Bertz CT molecular complexity index is 818. The van der Waals surface area contributed by atoms with Crippen molar-refractivity contribution in [2.45, 2.75) is 13.5 Å². The van der Waals surface area contributed by atoms with Crippen LogP contribution in [0.4, 0.5) is 11.6 Å². The largest absolute Gasteiger partial charge is 0.348 e. The lowest BCUT2D eigenvalue weighted by atomic mass is 10.2. The third-order valence-electron chi connectivity index (χ3n) is 3.48. The van der Waals surface area contributed by atoms with Crippen LogP contribution in [0.2, 0.25) is 0 Å². The zero-order chi connectivity index (χ0) is 16.8. The first-order valence-corrected chi connectivity index (χ1v) is 7.54. The SMILES string of the molecule is Cc1ccccc1Nc1ncc(C(=O)NCc2cccnc2)cn1. The minimum absolute atomic E-state index is 0.221. The topological polar surface area (TPSA) is 79.8 Å². The molecule has 0 saturated heterocycles. The molecule has 2 aromatic heterocycles. The van der Waals surface area contributed by atoms with Crippen LogP contribution in [0.1, 0.15) is 21.5 Å². The predicted octanol–water partition coefficient (Wildman–Crippen LogP) is 2.85. The van der Waals surface area contributed by atoms with E-state index in [0.29, 0.717) is 18.1 Å². The van der Waals surface area contributed by atoms with Gasteiger partial charge in [0.1, 0.15) is 0 Å². The number of aromatic nitrogens is 3. The average Bonchev–Trinajstić information content (AvgIpc) is 2.63. The van der Waals surface area contributed by atoms with E-state index >= 15 is 0 Å². The van der Waals surface area contributed by atoms with Crippen molar-refractivity contribution < 1.29 is 4.79 Å². The molecule has 0 unspecified atom stereocenters. The molecule has 6 nitrogen and oxygen atoms in total. The van der Waals surface area contributed by atoms with Gasteiger partial charge in [0, 0.05) is 37.0 Å². The molecule has 0 aliphatic carbocycles. The number of carbonyl (C=O) groups is 1. The molecule has 0 fully saturated rings. The first-order chi connectivity index (χ1) is 11.7. The molecule has 0 radical (unpaired) electrons. The Kier molecular flexibility index (Phi) is 4.76. The maximum atomic E-state index is 12.1. The lowest BCUT2D eigenvalue weighted by Gasteiger charge is -2.08. The standard InChI is InChI=1S/C18H17N5O/c1-13-5-2-3-7-16(13)23-18-21-11-15(12-22-18)17(24)20-10-14-6-4-8-19-9-14/h2-9,11-12H,10H2,1H3,(H,20,24)(H,21,22,23). The Balaban J connectivity index is 1.61. The second kappa shape index (κ2) is 7.32. The quantitative estimate of drug-likeness (QED) is 0.756. The van der Waals surface area contributed by atoms with Crippen LogP contribution in [-0.4, -0.2) is 20.9 Å². The van der Waals surface area contributed by atoms with Crippen molar-refractivity contribution in [1.82, 2.24) is 20.3 Å². The van der Waals surface area contributed by atoms with Gasteiger partial charge in [-0.15, -0.1) is 0 Å². The van der Waals surface area contributed by atoms with E-state index in [4.69, 9.17) is 0 Å². The maximum Gasteiger partial charge on any atom is 0.254 e. The van der Waals surface area contributed by atoms with Crippen molar-refractivity contribution in [3.8, 4) is 0 Å². The van der Waals surface area contributed by atoms with Gasteiger partial charge in [-0.2, -0.15) is 0 Å². The number of amides is 1. The van der Waals surface area contributed by atoms with Crippen molar-refractivity contribution in [1.29, 1.82) is 0 Å². The van der Waals surface area contributed by atoms with Gasteiger partial charge in [-0.3, -0.25) is 9.78 Å². The lowest BCUT2D eigenvalue weighted by molar-refractivity contribution is 0.0950. The molecule has 0 bridgehead atoms. The van der Waals surface area contributed by atoms with Gasteiger partial charge in [-0.25, -0.2) is 9.97 Å². The summed E-state index contributed by atoms with van der Waals surface area (Å²) in [6, 6.07) is 11.6. The zero-order valence-electron chi connectivity index (χ0n) is 13.2. The van der Waals surface area contributed by atoms with Gasteiger partial charge in [0.2, 0.25) is 5.95 Å². The maximum absolute atomic E-state index is 12.1. The molecular weight excluding hydrogens is 302 g/mol. The van der Waals surface area contributed by atoms with Gasteiger partial charge >= 0.3 is 0 Å². The van der Waals surface area contributed by atoms with Gasteiger partial charge in [0.05, 0.1) is 5.56 Å². The van der Waals surface area contributed by atoms with E-state index in [2.05, 4.69) is 25.6 Å². The Morgan fingerprint density at radius 1 is 1.04 bits per heavy atom. The van der Waals surface area contributed by atoms with Crippen LogP contribution < -0.4 is 10.6 Å². The van der Waals surface area contributed by atoms with E-state index in [0.717, 1.165) is 16.8 Å². The number of hydrogen-bond donors (Lipinski definition) is 2. The monoisotopic (exact) mass is 319 g/mol. The van der Waals surface area contributed by atoms with Crippen LogP contribution in [0.3, 0.4) is 0 Å². The van der Waals surface area contributed by atoms with Gasteiger partial charge < -0.3 is 10.6 Å².